The van der Waals surface area contributed by atoms with Crippen LogP contribution in [0.2, 0.25) is 5.02 Å². The van der Waals surface area contributed by atoms with Crippen LogP contribution >= 0.6 is 11.6 Å². The fourth-order valence-corrected chi connectivity index (χ4v) is 2.43. The Morgan fingerprint density at radius 3 is 2.70 bits per heavy atom. The normalized spacial score (nSPS) is 12.4. The molecule has 5 heteroatoms. The summed E-state index contributed by atoms with van der Waals surface area (Å²) >= 11 is 5.80. The SMILES string of the molecule is Cc1cnc(C(Cc2ccc(F)c(Cl)c2)NN)c(C)c1. The predicted octanol–water partition coefficient (Wildman–Crippen LogP) is 3.24. The van der Waals surface area contributed by atoms with Crippen molar-refractivity contribution >= 4 is 11.6 Å². The standard InChI is InChI=1S/C15H17ClFN3/c1-9-5-10(2)15(19-8-9)14(20-18)7-11-3-4-13(17)12(16)6-11/h3-6,8,14,20H,7,18H2,1-2H3. The first-order valence-corrected chi connectivity index (χ1v) is 6.72. The molecule has 106 valence electrons. The van der Waals surface area contributed by atoms with Gasteiger partial charge in [0.05, 0.1) is 16.8 Å². The van der Waals surface area contributed by atoms with Gasteiger partial charge in [-0.25, -0.2) is 4.39 Å². The van der Waals surface area contributed by atoms with E-state index in [-0.39, 0.29) is 11.1 Å². The summed E-state index contributed by atoms with van der Waals surface area (Å²) in [6.07, 6.45) is 2.40. The maximum atomic E-state index is 13.2. The van der Waals surface area contributed by atoms with Crippen molar-refractivity contribution < 1.29 is 4.39 Å². The van der Waals surface area contributed by atoms with Crippen LogP contribution in [0.3, 0.4) is 0 Å². The number of nitrogens with one attached hydrogen (secondary N) is 1. The molecule has 20 heavy (non-hydrogen) atoms. The molecule has 1 heterocycles. The van der Waals surface area contributed by atoms with Gasteiger partial charge < -0.3 is 0 Å². The van der Waals surface area contributed by atoms with Gasteiger partial charge >= 0.3 is 0 Å². The lowest BCUT2D eigenvalue weighted by Crippen LogP contribution is -2.30. The first-order valence-electron chi connectivity index (χ1n) is 6.34. The topological polar surface area (TPSA) is 50.9 Å². The number of aryl methyl sites for hydroxylation is 2. The average Bonchev–Trinajstić information content (AvgIpc) is 2.41. The second-order valence-corrected chi connectivity index (χ2v) is 5.29. The molecule has 2 rings (SSSR count). The summed E-state index contributed by atoms with van der Waals surface area (Å²) in [6, 6.07) is 6.60. The zero-order valence-corrected chi connectivity index (χ0v) is 12.2. The molecule has 0 fully saturated rings. The third-order valence-electron chi connectivity index (χ3n) is 3.21. The Labute approximate surface area is 122 Å². The summed E-state index contributed by atoms with van der Waals surface area (Å²) in [4.78, 5) is 4.44. The molecule has 0 aliphatic rings. The van der Waals surface area contributed by atoms with E-state index in [1.807, 2.05) is 20.0 Å². The molecule has 0 bridgehead atoms. The minimum atomic E-state index is -0.419. The van der Waals surface area contributed by atoms with Crippen LogP contribution < -0.4 is 11.3 Å². The third-order valence-corrected chi connectivity index (χ3v) is 3.50. The molecule has 0 radical (unpaired) electrons. The fraction of sp³-hybridized carbons (Fsp3) is 0.267. The molecule has 0 aliphatic heterocycles. The van der Waals surface area contributed by atoms with Gasteiger partial charge in [0, 0.05) is 6.20 Å². The quantitative estimate of drug-likeness (QED) is 0.672. The minimum absolute atomic E-state index is 0.117. The van der Waals surface area contributed by atoms with Crippen molar-refractivity contribution in [2.75, 3.05) is 0 Å². The first kappa shape index (κ1) is 14.9. The fourth-order valence-electron chi connectivity index (χ4n) is 2.23. The number of nitrogens with zero attached hydrogens (tertiary/aromatic N) is 1. The van der Waals surface area contributed by atoms with Crippen LogP contribution in [0.25, 0.3) is 0 Å². The summed E-state index contributed by atoms with van der Waals surface area (Å²) in [6.45, 7) is 3.99. The molecule has 0 spiro atoms. The molecule has 1 atom stereocenters. The lowest BCUT2D eigenvalue weighted by molar-refractivity contribution is 0.534. The Hall–Kier alpha value is -1.49. The van der Waals surface area contributed by atoms with Crippen LogP contribution in [0.4, 0.5) is 4.39 Å². The van der Waals surface area contributed by atoms with E-state index in [1.54, 1.807) is 12.1 Å². The average molecular weight is 294 g/mol. The van der Waals surface area contributed by atoms with Gasteiger partial charge in [-0.15, -0.1) is 0 Å². The number of pyridine rings is 1. The van der Waals surface area contributed by atoms with Crippen molar-refractivity contribution in [3.63, 3.8) is 0 Å². The molecule has 0 saturated heterocycles. The molecule has 1 aromatic carbocycles. The highest BCUT2D eigenvalue weighted by atomic mass is 35.5. The molecule has 0 saturated carbocycles. The lowest BCUT2D eigenvalue weighted by Gasteiger charge is -2.18. The molecule has 0 aliphatic carbocycles. The van der Waals surface area contributed by atoms with E-state index in [0.29, 0.717) is 6.42 Å². The van der Waals surface area contributed by atoms with E-state index in [4.69, 9.17) is 17.4 Å². The van der Waals surface area contributed by atoms with Crippen LogP contribution in [-0.2, 0) is 6.42 Å². The van der Waals surface area contributed by atoms with E-state index in [9.17, 15) is 4.39 Å². The van der Waals surface area contributed by atoms with Gasteiger partial charge in [-0.2, -0.15) is 0 Å². The Morgan fingerprint density at radius 2 is 2.10 bits per heavy atom. The second-order valence-electron chi connectivity index (χ2n) is 4.89. The van der Waals surface area contributed by atoms with Gasteiger partial charge in [-0.3, -0.25) is 16.3 Å². The summed E-state index contributed by atoms with van der Waals surface area (Å²) in [5.41, 5.74) is 6.73. The number of hydrogen-bond donors (Lipinski definition) is 2. The number of hydrogen-bond acceptors (Lipinski definition) is 3. The van der Waals surface area contributed by atoms with Crippen LogP contribution in [0, 0.1) is 19.7 Å². The van der Waals surface area contributed by atoms with Crippen LogP contribution in [0.1, 0.15) is 28.4 Å². The van der Waals surface area contributed by atoms with Crippen molar-refractivity contribution in [1.82, 2.24) is 10.4 Å². The summed E-state index contributed by atoms with van der Waals surface area (Å²) < 4.78 is 13.2. The van der Waals surface area contributed by atoms with E-state index < -0.39 is 5.82 Å². The van der Waals surface area contributed by atoms with Crippen molar-refractivity contribution in [3.8, 4) is 0 Å². The molecule has 3 nitrogen and oxygen atoms in total. The highest BCUT2D eigenvalue weighted by Crippen LogP contribution is 2.23. The molecule has 0 amide bonds. The van der Waals surface area contributed by atoms with E-state index in [1.165, 1.54) is 6.07 Å². The number of nitrogens with two attached hydrogens (primary N) is 1. The van der Waals surface area contributed by atoms with Gasteiger partial charge in [0.25, 0.3) is 0 Å². The molecule has 1 aromatic heterocycles. The number of benzene rings is 1. The van der Waals surface area contributed by atoms with E-state index in [2.05, 4.69) is 16.5 Å². The van der Waals surface area contributed by atoms with Gasteiger partial charge in [0.1, 0.15) is 5.82 Å². The number of halogens is 2. The maximum absolute atomic E-state index is 13.2. The Kier molecular flexibility index (Phi) is 4.70. The Bertz CT molecular complexity index is 616. The van der Waals surface area contributed by atoms with E-state index in [0.717, 1.165) is 22.4 Å². The van der Waals surface area contributed by atoms with Crippen molar-refractivity contribution in [2.45, 2.75) is 26.3 Å². The van der Waals surface area contributed by atoms with E-state index >= 15 is 0 Å². The smallest absolute Gasteiger partial charge is 0.141 e. The highest BCUT2D eigenvalue weighted by molar-refractivity contribution is 6.30. The maximum Gasteiger partial charge on any atom is 0.141 e. The van der Waals surface area contributed by atoms with Gasteiger partial charge in [-0.1, -0.05) is 23.7 Å². The zero-order valence-electron chi connectivity index (χ0n) is 11.5. The predicted molar refractivity (Wildman–Crippen MR) is 78.9 cm³/mol. The van der Waals surface area contributed by atoms with Crippen molar-refractivity contribution in [1.29, 1.82) is 0 Å². The monoisotopic (exact) mass is 293 g/mol. The van der Waals surface area contributed by atoms with Crippen LogP contribution in [0.5, 0.6) is 0 Å². The first-order chi connectivity index (χ1) is 9.51. The third kappa shape index (κ3) is 3.33. The van der Waals surface area contributed by atoms with Gasteiger partial charge in [0.15, 0.2) is 0 Å². The minimum Gasteiger partial charge on any atom is -0.271 e. The second kappa shape index (κ2) is 6.31. The molecular formula is C15H17ClFN3. The Morgan fingerprint density at radius 1 is 1.35 bits per heavy atom. The molecule has 2 aromatic rings. The number of aromatic nitrogens is 1. The summed E-state index contributed by atoms with van der Waals surface area (Å²) in [5, 5.41) is 0.117. The molecule has 3 N–H and O–H groups in total. The molecule has 1 unspecified atom stereocenters. The van der Waals surface area contributed by atoms with Crippen LogP contribution in [0.15, 0.2) is 30.5 Å². The summed E-state index contributed by atoms with van der Waals surface area (Å²) in [7, 11) is 0. The molecular weight excluding hydrogens is 277 g/mol. The summed E-state index contributed by atoms with van der Waals surface area (Å²) in [5.74, 6) is 5.21. The van der Waals surface area contributed by atoms with Crippen molar-refractivity contribution in [3.05, 3.63) is 63.7 Å². The zero-order chi connectivity index (χ0) is 14.7. The van der Waals surface area contributed by atoms with Gasteiger partial charge in [-0.05, 0) is 49.1 Å². The number of hydrazine groups is 1. The van der Waals surface area contributed by atoms with Crippen LogP contribution in [-0.4, -0.2) is 4.98 Å². The van der Waals surface area contributed by atoms with Crippen molar-refractivity contribution in [2.24, 2.45) is 5.84 Å². The largest absolute Gasteiger partial charge is 0.271 e. The van der Waals surface area contributed by atoms with Gasteiger partial charge in [0.2, 0.25) is 0 Å². The highest BCUT2D eigenvalue weighted by Gasteiger charge is 2.15. The Balaban J connectivity index is 2.26. The number of rotatable bonds is 4. The lowest BCUT2D eigenvalue weighted by atomic mass is 10.00.